The van der Waals surface area contributed by atoms with Gasteiger partial charge in [-0.3, -0.25) is 0 Å². The number of anilines is 1. The van der Waals surface area contributed by atoms with Crippen LogP contribution in [-0.2, 0) is 0 Å². The lowest BCUT2D eigenvalue weighted by atomic mass is 9.94. The molecule has 3 aromatic rings. The molecule has 1 saturated carbocycles. The van der Waals surface area contributed by atoms with Crippen molar-refractivity contribution >= 4 is 17.3 Å². The van der Waals surface area contributed by atoms with Gasteiger partial charge in [0.15, 0.2) is 0 Å². The summed E-state index contributed by atoms with van der Waals surface area (Å²) >= 11 is 6.31. The smallest absolute Gasteiger partial charge is 0.131 e. The number of nitrogens with two attached hydrogens (primary N) is 1. The number of aryl methyl sites for hydroxylation is 1. The Hall–Kier alpha value is -2.52. The topological polar surface area (TPSA) is 46.2 Å². The molecule has 0 saturated heterocycles. The number of halogens is 2. The SMILES string of the molecule is Cc1cccc(-c2cc(F)cc(-c3cc(Cl)c(N)c(C4CC4)c3)c2O)c1. The molecular formula is C22H19ClFNO. The van der Waals surface area contributed by atoms with Gasteiger partial charge in [0.1, 0.15) is 11.6 Å². The van der Waals surface area contributed by atoms with Crippen LogP contribution in [0.5, 0.6) is 5.75 Å². The van der Waals surface area contributed by atoms with Gasteiger partial charge in [-0.25, -0.2) is 4.39 Å². The van der Waals surface area contributed by atoms with Gasteiger partial charge in [-0.2, -0.15) is 0 Å². The number of hydrogen-bond acceptors (Lipinski definition) is 2. The van der Waals surface area contributed by atoms with Crippen LogP contribution < -0.4 is 5.73 Å². The minimum Gasteiger partial charge on any atom is -0.507 e. The van der Waals surface area contributed by atoms with Crippen molar-refractivity contribution in [2.45, 2.75) is 25.7 Å². The van der Waals surface area contributed by atoms with Crippen molar-refractivity contribution in [1.82, 2.24) is 0 Å². The van der Waals surface area contributed by atoms with E-state index < -0.39 is 5.82 Å². The van der Waals surface area contributed by atoms with E-state index in [-0.39, 0.29) is 5.75 Å². The summed E-state index contributed by atoms with van der Waals surface area (Å²) in [4.78, 5) is 0. The standard InChI is InChI=1S/C22H19ClFNO/c1-12-3-2-4-14(7-12)18-10-16(24)11-19(22(18)26)15-8-17(13-5-6-13)21(25)20(23)9-15/h2-4,7-11,13,26H,5-6,25H2,1H3. The maximum absolute atomic E-state index is 14.4. The Morgan fingerprint density at radius 2 is 1.73 bits per heavy atom. The molecule has 0 radical (unpaired) electrons. The van der Waals surface area contributed by atoms with Gasteiger partial charge >= 0.3 is 0 Å². The Morgan fingerprint density at radius 1 is 1.04 bits per heavy atom. The minimum absolute atomic E-state index is 0.0413. The zero-order valence-corrected chi connectivity index (χ0v) is 15.1. The van der Waals surface area contributed by atoms with E-state index in [4.69, 9.17) is 17.3 Å². The minimum atomic E-state index is -0.407. The molecule has 3 aromatic carbocycles. The van der Waals surface area contributed by atoms with Gasteiger partial charge in [-0.05, 0) is 66.6 Å². The monoisotopic (exact) mass is 367 g/mol. The Labute approximate surface area is 157 Å². The predicted octanol–water partition coefficient (Wildman–Crippen LogP) is 6.29. The highest BCUT2D eigenvalue weighted by atomic mass is 35.5. The van der Waals surface area contributed by atoms with Gasteiger partial charge in [0.25, 0.3) is 0 Å². The first-order valence-corrected chi connectivity index (χ1v) is 9.00. The van der Waals surface area contributed by atoms with E-state index in [1.54, 1.807) is 6.07 Å². The predicted molar refractivity (Wildman–Crippen MR) is 105 cm³/mol. The number of hydrogen-bond donors (Lipinski definition) is 2. The Morgan fingerprint density at radius 3 is 2.38 bits per heavy atom. The molecule has 4 rings (SSSR count). The Balaban J connectivity index is 1.90. The summed E-state index contributed by atoms with van der Waals surface area (Å²) in [5, 5.41) is 11.3. The van der Waals surface area contributed by atoms with Crippen LogP contribution >= 0.6 is 11.6 Å². The van der Waals surface area contributed by atoms with Crippen LogP contribution in [0.25, 0.3) is 22.3 Å². The third kappa shape index (κ3) is 3.04. The van der Waals surface area contributed by atoms with Crippen LogP contribution in [0, 0.1) is 12.7 Å². The van der Waals surface area contributed by atoms with Crippen LogP contribution in [0.15, 0.2) is 48.5 Å². The van der Waals surface area contributed by atoms with Gasteiger partial charge in [-0.15, -0.1) is 0 Å². The molecule has 0 spiro atoms. The van der Waals surface area contributed by atoms with E-state index in [1.807, 2.05) is 37.3 Å². The number of rotatable bonds is 3. The van der Waals surface area contributed by atoms with Crippen molar-refractivity contribution in [2.75, 3.05) is 5.73 Å². The Bertz CT molecular complexity index is 1010. The molecule has 0 unspecified atom stereocenters. The summed E-state index contributed by atoms with van der Waals surface area (Å²) in [6.45, 7) is 1.96. The second-order valence-electron chi connectivity index (χ2n) is 6.95. The van der Waals surface area contributed by atoms with Crippen molar-refractivity contribution in [3.05, 3.63) is 70.5 Å². The van der Waals surface area contributed by atoms with Gasteiger partial charge in [-0.1, -0.05) is 41.4 Å². The summed E-state index contributed by atoms with van der Waals surface area (Å²) in [6.07, 6.45) is 2.15. The third-order valence-electron chi connectivity index (χ3n) is 4.89. The summed E-state index contributed by atoms with van der Waals surface area (Å²) < 4.78 is 14.4. The van der Waals surface area contributed by atoms with E-state index in [2.05, 4.69) is 0 Å². The molecule has 3 N–H and O–H groups in total. The zero-order chi connectivity index (χ0) is 18.4. The molecule has 1 aliphatic rings. The average Bonchev–Trinajstić information content (AvgIpc) is 3.44. The molecule has 4 heteroatoms. The van der Waals surface area contributed by atoms with Gasteiger partial charge in [0.05, 0.1) is 10.7 Å². The van der Waals surface area contributed by atoms with Crippen LogP contribution in [0.3, 0.4) is 0 Å². The molecule has 0 bridgehead atoms. The van der Waals surface area contributed by atoms with Crippen LogP contribution in [0.1, 0.15) is 29.9 Å². The maximum atomic E-state index is 14.4. The Kier molecular flexibility index (Phi) is 4.12. The third-order valence-corrected chi connectivity index (χ3v) is 5.21. The second kappa shape index (κ2) is 6.33. The molecule has 0 amide bonds. The highest BCUT2D eigenvalue weighted by Crippen LogP contribution is 2.47. The molecule has 0 aromatic heterocycles. The van der Waals surface area contributed by atoms with Crippen molar-refractivity contribution in [1.29, 1.82) is 0 Å². The molecule has 2 nitrogen and oxygen atoms in total. The number of aromatic hydroxyl groups is 1. The molecule has 132 valence electrons. The molecule has 1 fully saturated rings. The van der Waals surface area contributed by atoms with E-state index >= 15 is 0 Å². The van der Waals surface area contributed by atoms with Crippen molar-refractivity contribution in [3.8, 4) is 28.0 Å². The lowest BCUT2D eigenvalue weighted by molar-refractivity contribution is 0.477. The fourth-order valence-corrected chi connectivity index (χ4v) is 3.61. The first-order valence-electron chi connectivity index (χ1n) is 8.63. The van der Waals surface area contributed by atoms with Gasteiger partial charge in [0, 0.05) is 11.1 Å². The van der Waals surface area contributed by atoms with Crippen molar-refractivity contribution < 1.29 is 9.50 Å². The average molecular weight is 368 g/mol. The summed E-state index contributed by atoms with van der Waals surface area (Å²) in [7, 11) is 0. The molecule has 0 aliphatic heterocycles. The van der Waals surface area contributed by atoms with E-state index in [0.717, 1.165) is 29.5 Å². The summed E-state index contributed by atoms with van der Waals surface area (Å²) in [5.74, 6) is 0.0363. The first-order chi connectivity index (χ1) is 12.4. The van der Waals surface area contributed by atoms with E-state index in [9.17, 15) is 9.50 Å². The maximum Gasteiger partial charge on any atom is 0.131 e. The molecule has 0 heterocycles. The van der Waals surface area contributed by atoms with Crippen LogP contribution in [0.2, 0.25) is 5.02 Å². The van der Waals surface area contributed by atoms with E-state index in [0.29, 0.717) is 33.3 Å². The second-order valence-corrected chi connectivity index (χ2v) is 7.36. The molecule has 26 heavy (non-hydrogen) atoms. The largest absolute Gasteiger partial charge is 0.507 e. The van der Waals surface area contributed by atoms with Crippen molar-refractivity contribution in [2.24, 2.45) is 0 Å². The number of nitrogen functional groups attached to an aromatic ring is 1. The van der Waals surface area contributed by atoms with Gasteiger partial charge < -0.3 is 10.8 Å². The summed E-state index contributed by atoms with van der Waals surface area (Å²) in [6, 6.07) is 13.9. The quantitative estimate of drug-likeness (QED) is 0.534. The van der Waals surface area contributed by atoms with E-state index in [1.165, 1.54) is 12.1 Å². The first kappa shape index (κ1) is 16.9. The van der Waals surface area contributed by atoms with Crippen molar-refractivity contribution in [3.63, 3.8) is 0 Å². The number of phenols is 1. The van der Waals surface area contributed by atoms with Crippen LogP contribution in [-0.4, -0.2) is 5.11 Å². The van der Waals surface area contributed by atoms with Gasteiger partial charge in [0.2, 0.25) is 0 Å². The molecular weight excluding hydrogens is 349 g/mol. The molecule has 1 aliphatic carbocycles. The number of benzene rings is 3. The highest BCUT2D eigenvalue weighted by molar-refractivity contribution is 6.33. The summed E-state index contributed by atoms with van der Waals surface area (Å²) in [5.41, 5.74) is 11.0. The van der Waals surface area contributed by atoms with Crippen LogP contribution in [0.4, 0.5) is 10.1 Å². The zero-order valence-electron chi connectivity index (χ0n) is 14.4. The normalized spacial score (nSPS) is 13.8. The fraction of sp³-hybridized carbons (Fsp3) is 0.182. The highest BCUT2D eigenvalue weighted by Gasteiger charge is 2.27. The molecule has 0 atom stereocenters. The lowest BCUT2D eigenvalue weighted by Crippen LogP contribution is -1.96. The number of phenolic OH excluding ortho intramolecular Hbond substituents is 1. The lowest BCUT2D eigenvalue weighted by Gasteiger charge is -2.14. The fourth-order valence-electron chi connectivity index (χ4n) is 3.38.